The Labute approximate surface area is 159 Å². The summed E-state index contributed by atoms with van der Waals surface area (Å²) in [4.78, 5) is 38.6. The van der Waals surface area contributed by atoms with E-state index in [0.717, 1.165) is 10.9 Å². The second-order valence-electron chi connectivity index (χ2n) is 5.65. The number of nitrogens with one attached hydrogen (secondary N) is 2. The number of methoxy groups -OCH3 is 1. The Balaban J connectivity index is 1.81. The number of rotatable bonds is 4. The van der Waals surface area contributed by atoms with Crippen LogP contribution in [0, 0.1) is 0 Å². The predicted molar refractivity (Wildman–Crippen MR) is 105 cm³/mol. The Morgan fingerprint density at radius 3 is 2.70 bits per heavy atom. The Kier molecular flexibility index (Phi) is 5.38. The van der Waals surface area contributed by atoms with E-state index in [2.05, 4.69) is 15.0 Å². The molecule has 0 unspecified atom stereocenters. The van der Waals surface area contributed by atoms with Crippen LogP contribution in [0.5, 0.6) is 0 Å². The molecule has 2 N–H and O–H groups in total. The number of ether oxygens (including phenoxy) is 1. The van der Waals surface area contributed by atoms with Gasteiger partial charge in [0.1, 0.15) is 0 Å². The molecule has 0 fully saturated rings. The normalized spacial score (nSPS) is 10.9. The van der Waals surface area contributed by atoms with Crippen molar-refractivity contribution in [1.82, 2.24) is 4.98 Å². The van der Waals surface area contributed by atoms with E-state index in [1.165, 1.54) is 37.5 Å². The number of anilines is 1. The monoisotopic (exact) mass is 382 g/mol. The molecular formula is C20H15ClN2O4. The average Bonchev–Trinajstić information content (AvgIpc) is 2.67. The van der Waals surface area contributed by atoms with Gasteiger partial charge < -0.3 is 15.0 Å². The zero-order valence-corrected chi connectivity index (χ0v) is 15.0. The van der Waals surface area contributed by atoms with Crippen molar-refractivity contribution in [3.63, 3.8) is 0 Å². The molecule has 0 saturated carbocycles. The van der Waals surface area contributed by atoms with Crippen molar-refractivity contribution < 1.29 is 14.3 Å². The molecule has 0 saturated heterocycles. The highest BCUT2D eigenvalue weighted by Crippen LogP contribution is 2.23. The van der Waals surface area contributed by atoms with Gasteiger partial charge in [-0.3, -0.25) is 9.59 Å². The summed E-state index contributed by atoms with van der Waals surface area (Å²) in [6.07, 6.45) is 2.64. The number of aromatic amines is 1. The van der Waals surface area contributed by atoms with Crippen molar-refractivity contribution in [2.24, 2.45) is 0 Å². The Morgan fingerprint density at radius 2 is 1.93 bits per heavy atom. The van der Waals surface area contributed by atoms with Gasteiger partial charge in [0.2, 0.25) is 5.91 Å². The Bertz CT molecular complexity index is 1120. The third-order valence-electron chi connectivity index (χ3n) is 3.84. The molecule has 0 atom stereocenters. The zero-order valence-electron chi connectivity index (χ0n) is 14.3. The number of fused-ring (bicyclic) bond motifs is 1. The lowest BCUT2D eigenvalue weighted by atomic mass is 10.1. The number of halogens is 1. The topological polar surface area (TPSA) is 88.3 Å². The van der Waals surface area contributed by atoms with Crippen LogP contribution in [-0.4, -0.2) is 24.0 Å². The quantitative estimate of drug-likeness (QED) is 0.533. The zero-order chi connectivity index (χ0) is 19.4. The van der Waals surface area contributed by atoms with Crippen LogP contribution in [0.4, 0.5) is 5.69 Å². The number of pyridine rings is 1. The van der Waals surface area contributed by atoms with Gasteiger partial charge in [0.15, 0.2) is 0 Å². The van der Waals surface area contributed by atoms with Gasteiger partial charge in [-0.15, -0.1) is 0 Å². The minimum Gasteiger partial charge on any atom is -0.465 e. The molecule has 0 bridgehead atoms. The fraction of sp³-hybridized carbons (Fsp3) is 0.0500. The van der Waals surface area contributed by atoms with Gasteiger partial charge in [0.25, 0.3) is 5.56 Å². The average molecular weight is 383 g/mol. The molecule has 0 aliphatic rings. The molecule has 6 nitrogen and oxygen atoms in total. The first-order chi connectivity index (χ1) is 13.0. The van der Waals surface area contributed by atoms with Gasteiger partial charge in [0, 0.05) is 17.2 Å². The molecule has 0 aliphatic carbocycles. The Hall–Kier alpha value is -3.38. The van der Waals surface area contributed by atoms with Crippen molar-refractivity contribution in [2.45, 2.75) is 0 Å². The number of benzene rings is 2. The second kappa shape index (κ2) is 7.88. The van der Waals surface area contributed by atoms with E-state index >= 15 is 0 Å². The molecule has 1 amide bonds. The van der Waals surface area contributed by atoms with E-state index in [9.17, 15) is 14.4 Å². The number of H-pyrrole nitrogens is 1. The van der Waals surface area contributed by atoms with Crippen molar-refractivity contribution in [3.05, 3.63) is 81.1 Å². The Morgan fingerprint density at radius 1 is 1.15 bits per heavy atom. The summed E-state index contributed by atoms with van der Waals surface area (Å²) in [7, 11) is 1.26. The first-order valence-electron chi connectivity index (χ1n) is 7.97. The van der Waals surface area contributed by atoms with Crippen LogP contribution in [0.3, 0.4) is 0 Å². The number of amides is 1. The molecule has 0 aliphatic heterocycles. The van der Waals surface area contributed by atoms with Crippen LogP contribution in [0.15, 0.2) is 59.4 Å². The van der Waals surface area contributed by atoms with Gasteiger partial charge in [0.05, 0.1) is 23.4 Å². The van der Waals surface area contributed by atoms with Crippen LogP contribution in [-0.2, 0) is 9.53 Å². The number of carbonyl (C=O) groups excluding carboxylic acids is 2. The lowest BCUT2D eigenvalue weighted by Gasteiger charge is -2.07. The van der Waals surface area contributed by atoms with Gasteiger partial charge in [-0.05, 0) is 41.8 Å². The number of carbonyl (C=O) groups is 2. The smallest absolute Gasteiger partial charge is 0.337 e. The third-order valence-corrected chi connectivity index (χ3v) is 4.17. The van der Waals surface area contributed by atoms with E-state index in [1.807, 2.05) is 18.2 Å². The first kappa shape index (κ1) is 18.4. The molecule has 7 heteroatoms. The molecule has 1 aromatic heterocycles. The minimum atomic E-state index is -0.541. The highest BCUT2D eigenvalue weighted by molar-refractivity contribution is 6.34. The van der Waals surface area contributed by atoms with Crippen molar-refractivity contribution >= 4 is 46.1 Å². The maximum Gasteiger partial charge on any atom is 0.337 e. The SMILES string of the molecule is COC(=O)c1ccc(Cl)c(NC(=O)/C=C/c2cc3ccccc3[nH]c2=O)c1. The molecule has 3 rings (SSSR count). The van der Waals surface area contributed by atoms with E-state index in [-0.39, 0.29) is 21.8 Å². The van der Waals surface area contributed by atoms with Crippen LogP contribution in [0.1, 0.15) is 15.9 Å². The van der Waals surface area contributed by atoms with E-state index < -0.39 is 11.9 Å². The fourth-order valence-corrected chi connectivity index (χ4v) is 2.66. The number of para-hydroxylation sites is 1. The molecule has 136 valence electrons. The molecule has 3 aromatic rings. The van der Waals surface area contributed by atoms with Crippen LogP contribution < -0.4 is 10.9 Å². The summed E-state index contributed by atoms with van der Waals surface area (Å²) in [6.45, 7) is 0. The summed E-state index contributed by atoms with van der Waals surface area (Å²) in [5.41, 5.74) is 1.28. The van der Waals surface area contributed by atoms with E-state index in [4.69, 9.17) is 11.6 Å². The number of esters is 1. The van der Waals surface area contributed by atoms with Gasteiger partial charge in [-0.2, -0.15) is 0 Å². The number of hydrogen-bond donors (Lipinski definition) is 2. The van der Waals surface area contributed by atoms with Crippen molar-refractivity contribution in [2.75, 3.05) is 12.4 Å². The lowest BCUT2D eigenvalue weighted by Crippen LogP contribution is -2.12. The number of hydrogen-bond acceptors (Lipinski definition) is 4. The minimum absolute atomic E-state index is 0.257. The summed E-state index contributed by atoms with van der Waals surface area (Å²) in [5.74, 6) is -1.04. The molecular weight excluding hydrogens is 368 g/mol. The third kappa shape index (κ3) is 4.24. The summed E-state index contributed by atoms with van der Waals surface area (Å²) >= 11 is 6.05. The summed E-state index contributed by atoms with van der Waals surface area (Å²) < 4.78 is 4.64. The van der Waals surface area contributed by atoms with E-state index in [0.29, 0.717) is 5.56 Å². The fourth-order valence-electron chi connectivity index (χ4n) is 2.49. The maximum atomic E-state index is 12.2. The van der Waals surface area contributed by atoms with Gasteiger partial charge in [-0.25, -0.2) is 4.79 Å². The van der Waals surface area contributed by atoms with Gasteiger partial charge >= 0.3 is 5.97 Å². The molecule has 2 aromatic carbocycles. The number of aromatic nitrogens is 1. The largest absolute Gasteiger partial charge is 0.465 e. The molecule has 1 heterocycles. The molecule has 0 spiro atoms. The molecule has 0 radical (unpaired) electrons. The van der Waals surface area contributed by atoms with Crippen molar-refractivity contribution in [1.29, 1.82) is 0 Å². The van der Waals surface area contributed by atoms with Crippen LogP contribution in [0.25, 0.3) is 17.0 Å². The first-order valence-corrected chi connectivity index (χ1v) is 8.35. The summed E-state index contributed by atoms with van der Waals surface area (Å²) in [5, 5.41) is 3.70. The second-order valence-corrected chi connectivity index (χ2v) is 6.06. The van der Waals surface area contributed by atoms with Crippen molar-refractivity contribution in [3.8, 4) is 0 Å². The predicted octanol–water partition coefficient (Wildman–Crippen LogP) is 3.62. The van der Waals surface area contributed by atoms with Crippen LogP contribution >= 0.6 is 11.6 Å². The highest BCUT2D eigenvalue weighted by atomic mass is 35.5. The summed E-state index contributed by atoms with van der Waals surface area (Å²) in [6, 6.07) is 13.4. The van der Waals surface area contributed by atoms with E-state index in [1.54, 1.807) is 12.1 Å². The molecule has 27 heavy (non-hydrogen) atoms. The lowest BCUT2D eigenvalue weighted by molar-refractivity contribution is -0.111. The maximum absolute atomic E-state index is 12.2. The van der Waals surface area contributed by atoms with Crippen LogP contribution in [0.2, 0.25) is 5.02 Å². The highest BCUT2D eigenvalue weighted by Gasteiger charge is 2.10. The standard InChI is InChI=1S/C20H15ClN2O4/c1-27-20(26)14-6-8-15(21)17(11-14)22-18(24)9-7-13-10-12-4-2-3-5-16(12)23-19(13)25/h2-11H,1H3,(H,22,24)(H,23,25)/b9-7+. The van der Waals surface area contributed by atoms with Gasteiger partial charge in [-0.1, -0.05) is 29.8 Å².